The molecule has 0 aliphatic rings. The minimum atomic E-state index is -0.294. The first kappa shape index (κ1) is 17.5. The molecule has 0 atom stereocenters. The number of nitrogens with zero attached hydrogens (tertiary/aromatic N) is 2. The standard InChI is InChI=1S/C19H23N3O2/c1-14-5-6-15(2)18(11-14)24-13-19(23)21-20-12-16-7-9-17(10-8-16)22(3)4/h5-12H,13H2,1-4H3,(H,21,23)/b20-12+. The molecule has 2 aromatic rings. The van der Waals surface area contributed by atoms with Crippen LogP contribution in [0.25, 0.3) is 0 Å². The molecule has 5 heteroatoms. The van der Waals surface area contributed by atoms with Gasteiger partial charge in [0.1, 0.15) is 5.75 Å². The van der Waals surface area contributed by atoms with Gasteiger partial charge in [0.25, 0.3) is 5.91 Å². The number of rotatable bonds is 6. The number of hydrazone groups is 1. The molecule has 0 fully saturated rings. The quantitative estimate of drug-likeness (QED) is 0.656. The fourth-order valence-corrected chi connectivity index (χ4v) is 2.08. The van der Waals surface area contributed by atoms with Gasteiger partial charge in [-0.1, -0.05) is 24.3 Å². The van der Waals surface area contributed by atoms with Crippen LogP contribution in [-0.2, 0) is 4.79 Å². The molecule has 0 heterocycles. The highest BCUT2D eigenvalue weighted by Gasteiger charge is 2.04. The normalized spacial score (nSPS) is 10.7. The predicted octanol–water partition coefficient (Wildman–Crippen LogP) is 2.90. The number of carbonyl (C=O) groups excluding carboxylic acids is 1. The van der Waals surface area contributed by atoms with Crippen molar-refractivity contribution in [3.63, 3.8) is 0 Å². The average molecular weight is 325 g/mol. The first-order valence-electron chi connectivity index (χ1n) is 7.75. The number of nitrogens with one attached hydrogen (secondary N) is 1. The lowest BCUT2D eigenvalue weighted by atomic mass is 10.1. The smallest absolute Gasteiger partial charge is 0.277 e. The lowest BCUT2D eigenvalue weighted by Crippen LogP contribution is -2.24. The van der Waals surface area contributed by atoms with Crippen LogP contribution in [0.2, 0.25) is 0 Å². The Kier molecular flexibility index (Phi) is 5.95. The maximum absolute atomic E-state index is 11.8. The van der Waals surface area contributed by atoms with Crippen molar-refractivity contribution in [3.05, 3.63) is 59.2 Å². The van der Waals surface area contributed by atoms with E-state index in [0.29, 0.717) is 5.75 Å². The molecule has 5 nitrogen and oxygen atoms in total. The first-order valence-corrected chi connectivity index (χ1v) is 7.75. The van der Waals surface area contributed by atoms with E-state index in [2.05, 4.69) is 10.5 Å². The summed E-state index contributed by atoms with van der Waals surface area (Å²) < 4.78 is 5.53. The summed E-state index contributed by atoms with van der Waals surface area (Å²) in [5, 5.41) is 3.95. The van der Waals surface area contributed by atoms with E-state index in [0.717, 1.165) is 22.4 Å². The van der Waals surface area contributed by atoms with Gasteiger partial charge in [-0.05, 0) is 48.7 Å². The molecule has 2 aromatic carbocycles. The van der Waals surface area contributed by atoms with Crippen LogP contribution < -0.4 is 15.1 Å². The lowest BCUT2D eigenvalue weighted by molar-refractivity contribution is -0.123. The Labute approximate surface area is 142 Å². The first-order chi connectivity index (χ1) is 11.5. The molecule has 0 spiro atoms. The van der Waals surface area contributed by atoms with Crippen molar-refractivity contribution in [2.75, 3.05) is 25.6 Å². The fourth-order valence-electron chi connectivity index (χ4n) is 2.08. The van der Waals surface area contributed by atoms with Crippen molar-refractivity contribution >= 4 is 17.8 Å². The zero-order valence-electron chi connectivity index (χ0n) is 14.5. The largest absolute Gasteiger partial charge is 0.483 e. The SMILES string of the molecule is Cc1ccc(C)c(OCC(=O)N/N=C/c2ccc(N(C)C)cc2)c1. The Morgan fingerprint density at radius 3 is 2.54 bits per heavy atom. The fraction of sp³-hybridized carbons (Fsp3) is 0.263. The van der Waals surface area contributed by atoms with Crippen LogP contribution in [-0.4, -0.2) is 32.8 Å². The van der Waals surface area contributed by atoms with Gasteiger partial charge < -0.3 is 9.64 Å². The third kappa shape index (κ3) is 5.12. The van der Waals surface area contributed by atoms with Crippen LogP contribution in [0.5, 0.6) is 5.75 Å². The summed E-state index contributed by atoms with van der Waals surface area (Å²) in [6.45, 7) is 3.86. The molecular weight excluding hydrogens is 302 g/mol. The molecule has 1 amide bonds. The number of hydrogen-bond donors (Lipinski definition) is 1. The summed E-state index contributed by atoms with van der Waals surface area (Å²) in [6, 6.07) is 13.8. The summed E-state index contributed by atoms with van der Waals surface area (Å²) >= 11 is 0. The number of ether oxygens (including phenoxy) is 1. The van der Waals surface area contributed by atoms with Crippen molar-refractivity contribution in [3.8, 4) is 5.75 Å². The van der Waals surface area contributed by atoms with Gasteiger partial charge in [-0.15, -0.1) is 0 Å². The second-order valence-corrected chi connectivity index (χ2v) is 5.84. The highest BCUT2D eigenvalue weighted by molar-refractivity contribution is 5.83. The van der Waals surface area contributed by atoms with Gasteiger partial charge in [0, 0.05) is 19.8 Å². The van der Waals surface area contributed by atoms with Gasteiger partial charge in [0.05, 0.1) is 6.21 Å². The van der Waals surface area contributed by atoms with Gasteiger partial charge >= 0.3 is 0 Å². The molecule has 0 unspecified atom stereocenters. The summed E-state index contributed by atoms with van der Waals surface area (Å²) in [4.78, 5) is 13.8. The predicted molar refractivity (Wildman–Crippen MR) is 97.9 cm³/mol. The van der Waals surface area contributed by atoms with Crippen LogP contribution in [0, 0.1) is 13.8 Å². The number of carbonyl (C=O) groups is 1. The zero-order chi connectivity index (χ0) is 17.5. The van der Waals surface area contributed by atoms with Crippen LogP contribution in [0.1, 0.15) is 16.7 Å². The third-order valence-corrected chi connectivity index (χ3v) is 3.51. The molecule has 0 bridgehead atoms. The van der Waals surface area contributed by atoms with E-state index in [1.165, 1.54) is 0 Å². The van der Waals surface area contributed by atoms with E-state index in [9.17, 15) is 4.79 Å². The minimum absolute atomic E-state index is 0.0683. The zero-order valence-corrected chi connectivity index (χ0v) is 14.5. The second kappa shape index (κ2) is 8.15. The Morgan fingerprint density at radius 2 is 1.88 bits per heavy atom. The number of anilines is 1. The number of benzene rings is 2. The van der Waals surface area contributed by atoms with Crippen molar-refractivity contribution in [2.45, 2.75) is 13.8 Å². The monoisotopic (exact) mass is 325 g/mol. The van der Waals surface area contributed by atoms with E-state index in [-0.39, 0.29) is 12.5 Å². The summed E-state index contributed by atoms with van der Waals surface area (Å²) in [5.41, 5.74) is 6.58. The van der Waals surface area contributed by atoms with E-state index in [1.54, 1.807) is 6.21 Å². The maximum Gasteiger partial charge on any atom is 0.277 e. The Hall–Kier alpha value is -2.82. The molecule has 24 heavy (non-hydrogen) atoms. The molecule has 0 aliphatic heterocycles. The van der Waals surface area contributed by atoms with Crippen molar-refractivity contribution < 1.29 is 9.53 Å². The van der Waals surface area contributed by atoms with E-state index < -0.39 is 0 Å². The summed E-state index contributed by atoms with van der Waals surface area (Å²) in [5.74, 6) is 0.422. The molecule has 0 saturated heterocycles. The Balaban J connectivity index is 1.83. The van der Waals surface area contributed by atoms with Gasteiger partial charge in [-0.2, -0.15) is 5.10 Å². The van der Waals surface area contributed by atoms with Crippen molar-refractivity contribution in [1.29, 1.82) is 0 Å². The molecule has 126 valence electrons. The molecule has 2 rings (SSSR count). The van der Waals surface area contributed by atoms with Gasteiger partial charge in [0.15, 0.2) is 6.61 Å². The summed E-state index contributed by atoms with van der Waals surface area (Å²) in [6.07, 6.45) is 1.61. The number of amides is 1. The summed E-state index contributed by atoms with van der Waals surface area (Å²) in [7, 11) is 3.97. The van der Waals surface area contributed by atoms with E-state index in [4.69, 9.17) is 4.74 Å². The van der Waals surface area contributed by atoms with Crippen LogP contribution in [0.15, 0.2) is 47.6 Å². The number of aryl methyl sites for hydroxylation is 2. The molecule has 1 N–H and O–H groups in total. The van der Waals surface area contributed by atoms with Crippen molar-refractivity contribution in [1.82, 2.24) is 5.43 Å². The van der Waals surface area contributed by atoms with Crippen LogP contribution >= 0.6 is 0 Å². The molecular formula is C19H23N3O2. The minimum Gasteiger partial charge on any atom is -0.483 e. The van der Waals surface area contributed by atoms with Gasteiger partial charge in [-0.25, -0.2) is 5.43 Å². The topological polar surface area (TPSA) is 53.9 Å². The number of hydrogen-bond acceptors (Lipinski definition) is 4. The van der Waals surface area contributed by atoms with E-state index in [1.807, 2.05) is 75.3 Å². The molecule has 0 saturated carbocycles. The third-order valence-electron chi connectivity index (χ3n) is 3.51. The Morgan fingerprint density at radius 1 is 1.17 bits per heavy atom. The van der Waals surface area contributed by atoms with Crippen molar-refractivity contribution in [2.24, 2.45) is 5.10 Å². The average Bonchev–Trinajstić information content (AvgIpc) is 2.56. The maximum atomic E-state index is 11.8. The molecule has 0 aliphatic carbocycles. The highest BCUT2D eigenvalue weighted by Crippen LogP contribution is 2.18. The van der Waals surface area contributed by atoms with Gasteiger partial charge in [-0.3, -0.25) is 4.79 Å². The Bertz CT molecular complexity index is 722. The second-order valence-electron chi connectivity index (χ2n) is 5.84. The van der Waals surface area contributed by atoms with Gasteiger partial charge in [0.2, 0.25) is 0 Å². The van der Waals surface area contributed by atoms with E-state index >= 15 is 0 Å². The van der Waals surface area contributed by atoms with Crippen LogP contribution in [0.3, 0.4) is 0 Å². The molecule has 0 radical (unpaired) electrons. The lowest BCUT2D eigenvalue weighted by Gasteiger charge is -2.11. The highest BCUT2D eigenvalue weighted by atomic mass is 16.5. The molecule has 0 aromatic heterocycles. The van der Waals surface area contributed by atoms with Crippen LogP contribution in [0.4, 0.5) is 5.69 Å².